The van der Waals surface area contributed by atoms with E-state index in [2.05, 4.69) is 44.5 Å². The van der Waals surface area contributed by atoms with Crippen LogP contribution in [0, 0.1) is 0 Å². The Kier molecular flexibility index (Phi) is 2.77. The fraction of sp³-hybridized carbons (Fsp3) is 0.250. The molecule has 0 spiro atoms. The van der Waals surface area contributed by atoms with Crippen molar-refractivity contribution in [1.82, 2.24) is 15.0 Å². The summed E-state index contributed by atoms with van der Waals surface area (Å²) in [6.45, 7) is 0.952. The van der Waals surface area contributed by atoms with E-state index >= 15 is 0 Å². The van der Waals surface area contributed by atoms with Gasteiger partial charge in [-0.05, 0) is 17.7 Å². The Morgan fingerprint density at radius 2 is 2.10 bits per heavy atom. The lowest BCUT2D eigenvalue weighted by atomic mass is 9.98. The second-order valence-corrected chi connectivity index (χ2v) is 5.28. The molecule has 5 heteroatoms. The van der Waals surface area contributed by atoms with Gasteiger partial charge in [0.15, 0.2) is 5.65 Å². The van der Waals surface area contributed by atoms with E-state index in [1.165, 1.54) is 11.3 Å². The van der Waals surface area contributed by atoms with E-state index in [0.717, 1.165) is 24.3 Å². The molecule has 21 heavy (non-hydrogen) atoms. The molecule has 0 bridgehead atoms. The highest BCUT2D eigenvalue weighted by Gasteiger charge is 2.23. The Balaban J connectivity index is 1.63. The quantitative estimate of drug-likeness (QED) is 0.774. The van der Waals surface area contributed by atoms with Gasteiger partial charge in [0.2, 0.25) is 5.88 Å². The van der Waals surface area contributed by atoms with Gasteiger partial charge in [-0.15, -0.1) is 0 Å². The average molecular weight is 280 g/mol. The fourth-order valence-electron chi connectivity index (χ4n) is 2.91. The molecule has 1 aliphatic heterocycles. The number of nitrogens with one attached hydrogen (secondary N) is 2. The molecule has 0 amide bonds. The second-order valence-electron chi connectivity index (χ2n) is 5.28. The molecule has 0 radical (unpaired) electrons. The predicted octanol–water partition coefficient (Wildman–Crippen LogP) is 2.72. The molecule has 0 saturated carbocycles. The van der Waals surface area contributed by atoms with Crippen LogP contribution >= 0.6 is 0 Å². The first-order valence-corrected chi connectivity index (χ1v) is 7.06. The van der Waals surface area contributed by atoms with Crippen LogP contribution in [-0.2, 0) is 6.42 Å². The van der Waals surface area contributed by atoms with Gasteiger partial charge in [-0.25, -0.2) is 4.98 Å². The van der Waals surface area contributed by atoms with E-state index in [4.69, 9.17) is 4.74 Å². The van der Waals surface area contributed by atoms with Gasteiger partial charge in [0.1, 0.15) is 5.82 Å². The number of aromatic nitrogens is 3. The standard InChI is InChI=1S/C16H16N4O/c1-21-15-7-6-13-16(20-15)19-14(18-13)8-10-9-17-12-5-3-2-4-11(10)12/h2-7,10,17H,8-9H2,1H3,(H,18,19,20). The molecule has 0 aliphatic carbocycles. The van der Waals surface area contributed by atoms with Gasteiger partial charge >= 0.3 is 0 Å². The number of fused-ring (bicyclic) bond motifs is 2. The maximum Gasteiger partial charge on any atom is 0.215 e. The van der Waals surface area contributed by atoms with Crippen molar-refractivity contribution in [2.24, 2.45) is 0 Å². The van der Waals surface area contributed by atoms with Crippen LogP contribution in [0.5, 0.6) is 5.88 Å². The summed E-state index contributed by atoms with van der Waals surface area (Å²) in [5, 5.41) is 3.45. The number of rotatable bonds is 3. The topological polar surface area (TPSA) is 62.8 Å². The number of nitrogens with zero attached hydrogens (tertiary/aromatic N) is 2. The van der Waals surface area contributed by atoms with Gasteiger partial charge in [-0.2, -0.15) is 4.98 Å². The summed E-state index contributed by atoms with van der Waals surface area (Å²) in [6.07, 6.45) is 0.878. The van der Waals surface area contributed by atoms with E-state index < -0.39 is 0 Å². The van der Waals surface area contributed by atoms with Crippen molar-refractivity contribution in [3.63, 3.8) is 0 Å². The minimum absolute atomic E-state index is 0.448. The number of ether oxygens (including phenoxy) is 1. The Labute approximate surface area is 122 Å². The number of methoxy groups -OCH3 is 1. The summed E-state index contributed by atoms with van der Waals surface area (Å²) in [5.41, 5.74) is 4.26. The third kappa shape index (κ3) is 2.11. The maximum absolute atomic E-state index is 5.14. The Morgan fingerprint density at radius 3 is 3.00 bits per heavy atom. The number of para-hydroxylation sites is 1. The summed E-state index contributed by atoms with van der Waals surface area (Å²) in [7, 11) is 1.61. The average Bonchev–Trinajstić information content (AvgIpc) is 3.10. The van der Waals surface area contributed by atoms with E-state index in [9.17, 15) is 0 Å². The first kappa shape index (κ1) is 12.2. The van der Waals surface area contributed by atoms with Crippen molar-refractivity contribution in [2.75, 3.05) is 19.0 Å². The van der Waals surface area contributed by atoms with Crippen molar-refractivity contribution < 1.29 is 4.74 Å². The van der Waals surface area contributed by atoms with Gasteiger partial charge in [0.05, 0.1) is 12.6 Å². The molecule has 1 unspecified atom stereocenters. The van der Waals surface area contributed by atoms with Gasteiger partial charge in [0, 0.05) is 30.6 Å². The molecule has 4 rings (SSSR count). The molecule has 0 fully saturated rings. The summed E-state index contributed by atoms with van der Waals surface area (Å²) in [6, 6.07) is 12.3. The number of hydrogen-bond acceptors (Lipinski definition) is 4. The van der Waals surface area contributed by atoms with E-state index in [1.54, 1.807) is 7.11 Å². The van der Waals surface area contributed by atoms with Crippen molar-refractivity contribution in [3.8, 4) is 5.88 Å². The lowest BCUT2D eigenvalue weighted by molar-refractivity contribution is 0.399. The number of hydrogen-bond donors (Lipinski definition) is 2. The fourth-order valence-corrected chi connectivity index (χ4v) is 2.91. The van der Waals surface area contributed by atoms with Crippen LogP contribution in [0.2, 0.25) is 0 Å². The maximum atomic E-state index is 5.14. The molecule has 1 aliphatic rings. The summed E-state index contributed by atoms with van der Waals surface area (Å²) in [4.78, 5) is 12.3. The third-order valence-corrected chi connectivity index (χ3v) is 3.96. The molecule has 1 aromatic carbocycles. The van der Waals surface area contributed by atoms with Gasteiger partial charge in [0.25, 0.3) is 0 Å². The molecular formula is C16H16N4O. The largest absolute Gasteiger partial charge is 0.481 e. The van der Waals surface area contributed by atoms with Crippen LogP contribution in [0.1, 0.15) is 17.3 Å². The van der Waals surface area contributed by atoms with Gasteiger partial charge < -0.3 is 15.0 Å². The Morgan fingerprint density at radius 1 is 1.19 bits per heavy atom. The van der Waals surface area contributed by atoms with E-state index in [1.807, 2.05) is 12.1 Å². The Bertz CT molecular complexity index is 796. The molecule has 0 saturated heterocycles. The van der Waals surface area contributed by atoms with Crippen LogP contribution in [-0.4, -0.2) is 28.6 Å². The second kappa shape index (κ2) is 4.77. The lowest BCUT2D eigenvalue weighted by Crippen LogP contribution is -2.06. The summed E-state index contributed by atoms with van der Waals surface area (Å²) < 4.78 is 5.14. The first-order valence-electron chi connectivity index (χ1n) is 7.06. The molecule has 3 aromatic rings. The van der Waals surface area contributed by atoms with Crippen molar-refractivity contribution in [1.29, 1.82) is 0 Å². The van der Waals surface area contributed by atoms with Crippen molar-refractivity contribution in [3.05, 3.63) is 47.8 Å². The van der Waals surface area contributed by atoms with E-state index in [0.29, 0.717) is 17.4 Å². The molecule has 2 aromatic heterocycles. The summed E-state index contributed by atoms with van der Waals surface area (Å²) in [5.74, 6) is 2.01. The molecular weight excluding hydrogens is 264 g/mol. The highest BCUT2D eigenvalue weighted by Crippen LogP contribution is 2.33. The summed E-state index contributed by atoms with van der Waals surface area (Å²) >= 11 is 0. The van der Waals surface area contributed by atoms with Crippen LogP contribution in [0.15, 0.2) is 36.4 Å². The highest BCUT2D eigenvalue weighted by molar-refractivity contribution is 5.71. The molecule has 2 N–H and O–H groups in total. The normalized spacial score (nSPS) is 16.7. The zero-order chi connectivity index (χ0) is 14.2. The number of benzene rings is 1. The molecule has 106 valence electrons. The minimum Gasteiger partial charge on any atom is -0.481 e. The van der Waals surface area contributed by atoms with E-state index in [-0.39, 0.29) is 0 Å². The number of imidazole rings is 1. The van der Waals surface area contributed by atoms with Crippen LogP contribution < -0.4 is 10.1 Å². The van der Waals surface area contributed by atoms with Crippen LogP contribution in [0.3, 0.4) is 0 Å². The van der Waals surface area contributed by atoms with Crippen molar-refractivity contribution in [2.45, 2.75) is 12.3 Å². The predicted molar refractivity (Wildman–Crippen MR) is 81.8 cm³/mol. The number of anilines is 1. The lowest BCUT2D eigenvalue weighted by Gasteiger charge is -2.07. The zero-order valence-electron chi connectivity index (χ0n) is 11.8. The molecule has 5 nitrogen and oxygen atoms in total. The minimum atomic E-state index is 0.448. The first-order chi connectivity index (χ1) is 10.3. The van der Waals surface area contributed by atoms with Crippen LogP contribution in [0.4, 0.5) is 5.69 Å². The number of aromatic amines is 1. The SMILES string of the molecule is COc1ccc2[nH]c(CC3CNc4ccccc43)nc2n1. The Hall–Kier alpha value is -2.56. The van der Waals surface area contributed by atoms with Gasteiger partial charge in [-0.1, -0.05) is 18.2 Å². The van der Waals surface area contributed by atoms with Gasteiger partial charge in [-0.3, -0.25) is 0 Å². The zero-order valence-corrected chi connectivity index (χ0v) is 11.8. The van der Waals surface area contributed by atoms with Crippen LogP contribution in [0.25, 0.3) is 11.2 Å². The van der Waals surface area contributed by atoms with Crippen molar-refractivity contribution >= 4 is 16.9 Å². The number of H-pyrrole nitrogens is 1. The third-order valence-electron chi connectivity index (χ3n) is 3.96. The molecule has 1 atom stereocenters. The molecule has 3 heterocycles. The smallest absolute Gasteiger partial charge is 0.215 e. The monoisotopic (exact) mass is 280 g/mol. The highest BCUT2D eigenvalue weighted by atomic mass is 16.5. The number of pyridine rings is 1.